The minimum atomic E-state index is -0.0279. The van der Waals surface area contributed by atoms with Crippen molar-refractivity contribution < 1.29 is 4.79 Å². The number of nitrogens with one attached hydrogen (secondary N) is 1. The zero-order chi connectivity index (χ0) is 17.2. The fourth-order valence-electron chi connectivity index (χ4n) is 3.36. The van der Waals surface area contributed by atoms with Gasteiger partial charge in [-0.15, -0.1) is 0 Å². The lowest BCUT2D eigenvalue weighted by Gasteiger charge is -2.10. The quantitative estimate of drug-likeness (QED) is 0.586. The Morgan fingerprint density at radius 3 is 2.44 bits per heavy atom. The monoisotopic (exact) mass is 328 g/mol. The van der Waals surface area contributed by atoms with Crippen LogP contribution in [0, 0.1) is 6.92 Å². The first-order valence-corrected chi connectivity index (χ1v) is 8.54. The minimum Gasteiger partial charge on any atom is -0.350 e. The zero-order valence-electron chi connectivity index (χ0n) is 14.2. The van der Waals surface area contributed by atoms with Crippen molar-refractivity contribution in [2.45, 2.75) is 13.5 Å². The van der Waals surface area contributed by atoms with Crippen LogP contribution in [0.3, 0.4) is 0 Å². The first kappa shape index (κ1) is 15.5. The Hall–Kier alpha value is -3.07. The normalized spacial score (nSPS) is 11.1. The van der Waals surface area contributed by atoms with Gasteiger partial charge >= 0.3 is 0 Å². The third-order valence-corrected chi connectivity index (χ3v) is 4.65. The Morgan fingerprint density at radius 2 is 1.60 bits per heavy atom. The first-order valence-electron chi connectivity index (χ1n) is 8.54. The van der Waals surface area contributed by atoms with E-state index in [4.69, 9.17) is 0 Å². The number of aromatic nitrogens is 1. The van der Waals surface area contributed by atoms with Crippen LogP contribution in [0.5, 0.6) is 0 Å². The van der Waals surface area contributed by atoms with E-state index in [-0.39, 0.29) is 5.91 Å². The second-order valence-corrected chi connectivity index (χ2v) is 6.31. The van der Waals surface area contributed by atoms with Crippen LogP contribution in [-0.4, -0.2) is 17.0 Å². The topological polar surface area (TPSA) is 34.0 Å². The molecule has 0 unspecified atom stereocenters. The van der Waals surface area contributed by atoms with Crippen LogP contribution in [0.25, 0.3) is 21.7 Å². The average molecular weight is 328 g/mol. The molecule has 1 amide bonds. The van der Waals surface area contributed by atoms with Crippen LogP contribution in [0.15, 0.2) is 72.8 Å². The molecule has 25 heavy (non-hydrogen) atoms. The summed E-state index contributed by atoms with van der Waals surface area (Å²) in [5, 5.41) is 6.50. The molecule has 0 atom stereocenters. The van der Waals surface area contributed by atoms with Crippen LogP contribution in [0.2, 0.25) is 0 Å². The molecule has 0 aliphatic heterocycles. The highest BCUT2D eigenvalue weighted by Crippen LogP contribution is 2.19. The van der Waals surface area contributed by atoms with E-state index in [2.05, 4.69) is 41.1 Å². The van der Waals surface area contributed by atoms with Crippen molar-refractivity contribution in [3.05, 3.63) is 84.1 Å². The standard InChI is InChI=1S/C22H20N2O/c1-16-14-19-8-4-5-9-21(19)24(16)13-12-23-22(25)20-11-10-17-6-2-3-7-18(17)15-20/h2-11,14-15H,12-13H2,1H3,(H,23,25). The van der Waals surface area contributed by atoms with Crippen LogP contribution < -0.4 is 5.32 Å². The molecule has 0 fully saturated rings. The summed E-state index contributed by atoms with van der Waals surface area (Å²) < 4.78 is 2.25. The number of benzene rings is 3. The van der Waals surface area contributed by atoms with E-state index >= 15 is 0 Å². The number of hydrogen-bond donors (Lipinski definition) is 1. The number of rotatable bonds is 4. The van der Waals surface area contributed by atoms with Gasteiger partial charge in [-0.3, -0.25) is 4.79 Å². The average Bonchev–Trinajstić information content (AvgIpc) is 2.96. The molecule has 3 aromatic carbocycles. The molecule has 0 bridgehead atoms. The molecule has 0 aliphatic carbocycles. The lowest BCUT2D eigenvalue weighted by molar-refractivity contribution is 0.0952. The van der Waals surface area contributed by atoms with Gasteiger partial charge in [0.2, 0.25) is 0 Å². The fraction of sp³-hybridized carbons (Fsp3) is 0.136. The Kier molecular flexibility index (Phi) is 3.98. The number of para-hydroxylation sites is 1. The maximum atomic E-state index is 12.4. The summed E-state index contributed by atoms with van der Waals surface area (Å²) >= 11 is 0. The van der Waals surface area contributed by atoms with E-state index in [9.17, 15) is 4.79 Å². The van der Waals surface area contributed by atoms with Crippen molar-refractivity contribution in [3.8, 4) is 0 Å². The molecule has 0 radical (unpaired) electrons. The SMILES string of the molecule is Cc1cc2ccccc2n1CCNC(=O)c1ccc2ccccc2c1. The van der Waals surface area contributed by atoms with Crippen molar-refractivity contribution in [1.82, 2.24) is 9.88 Å². The van der Waals surface area contributed by atoms with Crippen LogP contribution in [0.4, 0.5) is 0 Å². The Labute approximate surface area is 146 Å². The molecule has 4 aromatic rings. The van der Waals surface area contributed by atoms with Gasteiger partial charge in [0.25, 0.3) is 5.91 Å². The number of fused-ring (bicyclic) bond motifs is 2. The molecule has 0 saturated carbocycles. The smallest absolute Gasteiger partial charge is 0.251 e. The van der Waals surface area contributed by atoms with Crippen molar-refractivity contribution in [1.29, 1.82) is 0 Å². The number of aryl methyl sites for hydroxylation is 1. The molecule has 1 aromatic heterocycles. The van der Waals surface area contributed by atoms with Crippen LogP contribution in [-0.2, 0) is 6.54 Å². The molecule has 1 N–H and O–H groups in total. The number of nitrogens with zero attached hydrogens (tertiary/aromatic N) is 1. The summed E-state index contributed by atoms with van der Waals surface area (Å²) in [6.45, 7) is 3.47. The molecular weight excluding hydrogens is 308 g/mol. The van der Waals surface area contributed by atoms with Gasteiger partial charge in [0.05, 0.1) is 0 Å². The van der Waals surface area contributed by atoms with Crippen molar-refractivity contribution >= 4 is 27.6 Å². The summed E-state index contributed by atoms with van der Waals surface area (Å²) in [6, 6.07) is 24.4. The molecular formula is C22H20N2O. The zero-order valence-corrected chi connectivity index (χ0v) is 14.2. The van der Waals surface area contributed by atoms with Gasteiger partial charge in [0.15, 0.2) is 0 Å². The summed E-state index contributed by atoms with van der Waals surface area (Å²) in [4.78, 5) is 12.4. The predicted octanol–water partition coefficient (Wildman–Crippen LogP) is 4.53. The van der Waals surface area contributed by atoms with E-state index in [1.54, 1.807) is 0 Å². The van der Waals surface area contributed by atoms with Gasteiger partial charge in [0.1, 0.15) is 0 Å². The van der Waals surface area contributed by atoms with Crippen LogP contribution in [0.1, 0.15) is 16.1 Å². The fourth-order valence-corrected chi connectivity index (χ4v) is 3.36. The van der Waals surface area contributed by atoms with Gasteiger partial charge in [0, 0.05) is 29.9 Å². The molecule has 3 heteroatoms. The van der Waals surface area contributed by atoms with Gasteiger partial charge in [-0.25, -0.2) is 0 Å². The molecule has 1 heterocycles. The molecule has 0 spiro atoms. The predicted molar refractivity (Wildman–Crippen MR) is 103 cm³/mol. The molecule has 3 nitrogen and oxygen atoms in total. The third kappa shape index (κ3) is 3.01. The van der Waals surface area contributed by atoms with E-state index < -0.39 is 0 Å². The second kappa shape index (κ2) is 6.44. The maximum Gasteiger partial charge on any atom is 0.251 e. The summed E-state index contributed by atoms with van der Waals surface area (Å²) in [5.41, 5.74) is 3.12. The second-order valence-electron chi connectivity index (χ2n) is 6.31. The molecule has 0 aliphatic rings. The minimum absolute atomic E-state index is 0.0279. The Balaban J connectivity index is 1.47. The van der Waals surface area contributed by atoms with E-state index in [1.807, 2.05) is 48.5 Å². The van der Waals surface area contributed by atoms with E-state index in [0.717, 1.165) is 17.3 Å². The lowest BCUT2D eigenvalue weighted by Crippen LogP contribution is -2.27. The highest BCUT2D eigenvalue weighted by Gasteiger charge is 2.08. The summed E-state index contributed by atoms with van der Waals surface area (Å²) in [7, 11) is 0. The number of amides is 1. The van der Waals surface area contributed by atoms with Crippen molar-refractivity contribution in [2.24, 2.45) is 0 Å². The third-order valence-electron chi connectivity index (χ3n) is 4.65. The first-order chi connectivity index (χ1) is 12.2. The Morgan fingerprint density at radius 1 is 0.880 bits per heavy atom. The number of carbonyl (C=O) groups excluding carboxylic acids is 1. The summed E-state index contributed by atoms with van der Waals surface area (Å²) in [5.74, 6) is -0.0279. The van der Waals surface area contributed by atoms with Crippen molar-refractivity contribution in [2.75, 3.05) is 6.54 Å². The highest BCUT2D eigenvalue weighted by atomic mass is 16.1. The lowest BCUT2D eigenvalue weighted by atomic mass is 10.1. The van der Waals surface area contributed by atoms with E-state index in [0.29, 0.717) is 12.1 Å². The van der Waals surface area contributed by atoms with Gasteiger partial charge in [-0.2, -0.15) is 0 Å². The largest absolute Gasteiger partial charge is 0.350 e. The van der Waals surface area contributed by atoms with Crippen LogP contribution >= 0.6 is 0 Å². The molecule has 0 saturated heterocycles. The van der Waals surface area contributed by atoms with Gasteiger partial charge in [-0.1, -0.05) is 48.5 Å². The van der Waals surface area contributed by atoms with Crippen molar-refractivity contribution in [3.63, 3.8) is 0 Å². The molecule has 4 rings (SSSR count). The summed E-state index contributed by atoms with van der Waals surface area (Å²) in [6.07, 6.45) is 0. The number of carbonyl (C=O) groups is 1. The van der Waals surface area contributed by atoms with E-state index in [1.165, 1.54) is 16.6 Å². The highest BCUT2D eigenvalue weighted by molar-refractivity contribution is 5.98. The van der Waals surface area contributed by atoms with Gasteiger partial charge in [-0.05, 0) is 47.3 Å². The Bertz CT molecular complexity index is 1060. The maximum absolute atomic E-state index is 12.4. The molecule has 124 valence electrons. The number of hydrogen-bond acceptors (Lipinski definition) is 1. The van der Waals surface area contributed by atoms with Gasteiger partial charge < -0.3 is 9.88 Å².